The van der Waals surface area contributed by atoms with Crippen molar-refractivity contribution in [1.29, 1.82) is 0 Å². The molecule has 0 bridgehead atoms. The van der Waals surface area contributed by atoms with Crippen LogP contribution in [0.25, 0.3) is 11.0 Å². The fraction of sp³-hybridized carbons (Fsp3) is 0.423. The Balaban J connectivity index is 1.44. The molecule has 34 heavy (non-hydrogen) atoms. The molecule has 1 amide bonds. The van der Waals surface area contributed by atoms with E-state index in [1.807, 2.05) is 41.0 Å². The minimum Gasteiger partial charge on any atom is -0.493 e. The molecule has 3 aromatic rings. The number of aromatic nitrogens is 2. The van der Waals surface area contributed by atoms with Gasteiger partial charge >= 0.3 is 5.97 Å². The standard InChI is InChI=1S/C26H33N3O5/c1-4-34-26(31)18-29-21-11-8-7-10-20(21)28-24(29)12-6-5-9-15-27-25(30)17-19-13-14-22(32-2)23(16-19)33-3/h7-8,10-11,13-14,16H,4-6,9,12,15,17-18H2,1-3H3,(H,27,30). The van der Waals surface area contributed by atoms with Crippen LogP contribution in [0, 0.1) is 0 Å². The molecule has 8 heteroatoms. The number of hydrogen-bond acceptors (Lipinski definition) is 6. The molecule has 0 unspecified atom stereocenters. The SMILES string of the molecule is CCOC(=O)Cn1c(CCCCCNC(=O)Cc2ccc(OC)c(OC)c2)nc2ccccc21. The van der Waals surface area contributed by atoms with E-state index in [1.165, 1.54) is 0 Å². The van der Waals surface area contributed by atoms with Gasteiger partial charge < -0.3 is 24.1 Å². The van der Waals surface area contributed by atoms with Gasteiger partial charge in [0.1, 0.15) is 12.4 Å². The summed E-state index contributed by atoms with van der Waals surface area (Å²) in [6, 6.07) is 13.3. The van der Waals surface area contributed by atoms with Crippen molar-refractivity contribution < 1.29 is 23.8 Å². The Kier molecular flexibility index (Phi) is 9.31. The van der Waals surface area contributed by atoms with Crippen molar-refractivity contribution >= 4 is 22.9 Å². The molecule has 0 radical (unpaired) electrons. The first-order chi connectivity index (χ1) is 16.5. The quantitative estimate of drug-likeness (QED) is 0.305. The predicted octanol–water partition coefficient (Wildman–Crippen LogP) is 3.69. The molecule has 0 saturated heterocycles. The van der Waals surface area contributed by atoms with E-state index >= 15 is 0 Å². The lowest BCUT2D eigenvalue weighted by Crippen LogP contribution is -2.26. The average Bonchev–Trinajstić information content (AvgIpc) is 3.18. The predicted molar refractivity (Wildman–Crippen MR) is 130 cm³/mol. The molecule has 0 aliphatic heterocycles. The van der Waals surface area contributed by atoms with E-state index in [-0.39, 0.29) is 24.8 Å². The number of para-hydroxylation sites is 2. The zero-order valence-corrected chi connectivity index (χ0v) is 20.1. The number of benzene rings is 2. The summed E-state index contributed by atoms with van der Waals surface area (Å²) in [4.78, 5) is 29.1. The van der Waals surface area contributed by atoms with Crippen LogP contribution in [0.5, 0.6) is 11.5 Å². The molecular formula is C26H33N3O5. The van der Waals surface area contributed by atoms with Crippen LogP contribution < -0.4 is 14.8 Å². The fourth-order valence-electron chi connectivity index (χ4n) is 3.88. The van der Waals surface area contributed by atoms with Gasteiger partial charge in [-0.2, -0.15) is 0 Å². The number of rotatable bonds is 13. The summed E-state index contributed by atoms with van der Waals surface area (Å²) in [6.45, 7) is 2.94. The van der Waals surface area contributed by atoms with Gasteiger partial charge in [0.25, 0.3) is 0 Å². The average molecular weight is 468 g/mol. The van der Waals surface area contributed by atoms with Crippen LogP contribution >= 0.6 is 0 Å². The van der Waals surface area contributed by atoms with E-state index in [4.69, 9.17) is 19.2 Å². The lowest BCUT2D eigenvalue weighted by Gasteiger charge is -2.10. The van der Waals surface area contributed by atoms with Crippen LogP contribution in [0.1, 0.15) is 37.6 Å². The highest BCUT2D eigenvalue weighted by molar-refractivity contribution is 5.79. The molecule has 0 spiro atoms. The van der Waals surface area contributed by atoms with Gasteiger partial charge in [-0.1, -0.05) is 24.6 Å². The van der Waals surface area contributed by atoms with Crippen molar-refractivity contribution in [3.05, 3.63) is 53.9 Å². The fourth-order valence-corrected chi connectivity index (χ4v) is 3.88. The zero-order chi connectivity index (χ0) is 24.3. The maximum atomic E-state index is 12.3. The first-order valence-electron chi connectivity index (χ1n) is 11.6. The van der Waals surface area contributed by atoms with E-state index in [0.29, 0.717) is 24.7 Å². The number of methoxy groups -OCH3 is 2. The van der Waals surface area contributed by atoms with E-state index < -0.39 is 0 Å². The molecule has 0 aliphatic carbocycles. The Labute approximate surface area is 200 Å². The first kappa shape index (κ1) is 25.1. The van der Waals surface area contributed by atoms with E-state index in [2.05, 4.69) is 5.32 Å². The maximum Gasteiger partial charge on any atom is 0.326 e. The van der Waals surface area contributed by atoms with E-state index in [0.717, 1.165) is 48.1 Å². The topological polar surface area (TPSA) is 91.7 Å². The van der Waals surface area contributed by atoms with Crippen LogP contribution in [0.2, 0.25) is 0 Å². The number of nitrogens with zero attached hydrogens (tertiary/aromatic N) is 2. The van der Waals surface area contributed by atoms with Crippen molar-refractivity contribution in [3.63, 3.8) is 0 Å². The first-order valence-corrected chi connectivity index (χ1v) is 11.6. The largest absolute Gasteiger partial charge is 0.493 e. The van der Waals surface area contributed by atoms with Gasteiger partial charge in [0, 0.05) is 13.0 Å². The summed E-state index contributed by atoms with van der Waals surface area (Å²) in [5, 5.41) is 2.98. The highest BCUT2D eigenvalue weighted by Crippen LogP contribution is 2.27. The summed E-state index contributed by atoms with van der Waals surface area (Å²) >= 11 is 0. The lowest BCUT2D eigenvalue weighted by molar-refractivity contribution is -0.143. The van der Waals surface area contributed by atoms with Crippen LogP contribution in [-0.2, 0) is 33.7 Å². The number of aryl methyl sites for hydroxylation is 1. The van der Waals surface area contributed by atoms with Crippen LogP contribution in [-0.4, -0.2) is 48.8 Å². The number of unbranched alkanes of at least 4 members (excludes halogenated alkanes) is 2. The number of nitrogens with one attached hydrogen (secondary N) is 1. The highest BCUT2D eigenvalue weighted by Gasteiger charge is 2.14. The molecule has 1 heterocycles. The molecule has 3 rings (SSSR count). The number of amides is 1. The second-order valence-electron chi connectivity index (χ2n) is 7.93. The van der Waals surface area contributed by atoms with Gasteiger partial charge in [0.2, 0.25) is 5.91 Å². The van der Waals surface area contributed by atoms with Gasteiger partial charge in [0.15, 0.2) is 11.5 Å². The normalized spacial score (nSPS) is 10.8. The molecule has 0 saturated carbocycles. The number of carbonyl (C=O) groups is 2. The van der Waals surface area contributed by atoms with Crippen molar-refractivity contribution in [1.82, 2.24) is 14.9 Å². The van der Waals surface area contributed by atoms with Crippen LogP contribution in [0.4, 0.5) is 0 Å². The smallest absolute Gasteiger partial charge is 0.326 e. The number of esters is 1. The van der Waals surface area contributed by atoms with Crippen molar-refractivity contribution in [3.8, 4) is 11.5 Å². The second kappa shape index (κ2) is 12.6. The van der Waals surface area contributed by atoms with E-state index in [9.17, 15) is 9.59 Å². The number of ether oxygens (including phenoxy) is 3. The van der Waals surface area contributed by atoms with Crippen molar-refractivity contribution in [2.45, 2.75) is 45.6 Å². The molecule has 0 fully saturated rings. The molecule has 182 valence electrons. The van der Waals surface area contributed by atoms with Crippen LogP contribution in [0.15, 0.2) is 42.5 Å². The molecule has 0 aliphatic rings. The Bertz CT molecular complexity index is 1110. The molecule has 0 atom stereocenters. The highest BCUT2D eigenvalue weighted by atomic mass is 16.5. The molecular weight excluding hydrogens is 434 g/mol. The Hall–Kier alpha value is -3.55. The number of fused-ring (bicyclic) bond motifs is 1. The molecule has 8 nitrogen and oxygen atoms in total. The number of imidazole rings is 1. The second-order valence-corrected chi connectivity index (χ2v) is 7.93. The van der Waals surface area contributed by atoms with Gasteiger partial charge in [-0.3, -0.25) is 9.59 Å². The summed E-state index contributed by atoms with van der Waals surface area (Å²) in [5.41, 5.74) is 2.69. The molecule has 2 aromatic carbocycles. The third-order valence-corrected chi connectivity index (χ3v) is 5.54. The van der Waals surface area contributed by atoms with Gasteiger partial charge in [-0.05, 0) is 49.6 Å². The maximum absolute atomic E-state index is 12.3. The summed E-state index contributed by atoms with van der Waals surface area (Å²) in [5.74, 6) is 1.85. The zero-order valence-electron chi connectivity index (χ0n) is 20.1. The van der Waals surface area contributed by atoms with Crippen LogP contribution in [0.3, 0.4) is 0 Å². The Morgan fingerprint density at radius 3 is 2.56 bits per heavy atom. The monoisotopic (exact) mass is 467 g/mol. The van der Waals surface area contributed by atoms with Crippen molar-refractivity contribution in [2.75, 3.05) is 27.4 Å². The summed E-state index contributed by atoms with van der Waals surface area (Å²) in [6.07, 6.45) is 3.78. The van der Waals surface area contributed by atoms with E-state index in [1.54, 1.807) is 27.2 Å². The molecule has 1 N–H and O–H groups in total. The van der Waals surface area contributed by atoms with Gasteiger partial charge in [0.05, 0.1) is 38.3 Å². The van der Waals surface area contributed by atoms with Crippen molar-refractivity contribution in [2.24, 2.45) is 0 Å². The number of carbonyl (C=O) groups excluding carboxylic acids is 2. The Morgan fingerprint density at radius 2 is 1.79 bits per heavy atom. The third kappa shape index (κ3) is 6.73. The summed E-state index contributed by atoms with van der Waals surface area (Å²) < 4.78 is 17.6. The lowest BCUT2D eigenvalue weighted by atomic mass is 10.1. The number of hydrogen-bond donors (Lipinski definition) is 1. The van der Waals surface area contributed by atoms with Gasteiger partial charge in [-0.25, -0.2) is 4.98 Å². The summed E-state index contributed by atoms with van der Waals surface area (Å²) in [7, 11) is 3.16. The minimum atomic E-state index is -0.260. The third-order valence-electron chi connectivity index (χ3n) is 5.54. The Morgan fingerprint density at radius 1 is 1.00 bits per heavy atom. The minimum absolute atomic E-state index is 0.0246. The van der Waals surface area contributed by atoms with Gasteiger partial charge in [-0.15, -0.1) is 0 Å². The molecule has 1 aromatic heterocycles.